The lowest BCUT2D eigenvalue weighted by molar-refractivity contribution is -0.152. The molecule has 0 bridgehead atoms. The van der Waals surface area contributed by atoms with Gasteiger partial charge in [-0.15, -0.1) is 0 Å². The van der Waals surface area contributed by atoms with E-state index in [0.29, 0.717) is 5.41 Å². The highest BCUT2D eigenvalue weighted by Gasteiger charge is 2.52. The third-order valence-corrected chi connectivity index (χ3v) is 2.96. The predicted molar refractivity (Wildman–Crippen MR) is 41.2 cm³/mol. The van der Waals surface area contributed by atoms with Gasteiger partial charge in [-0.3, -0.25) is 4.79 Å². The number of carboxylic acids is 1. The molecule has 0 amide bonds. The van der Waals surface area contributed by atoms with E-state index in [1.807, 2.05) is 0 Å². The molecule has 0 radical (unpaired) electrons. The Labute approximate surface area is 65.9 Å². The van der Waals surface area contributed by atoms with Crippen LogP contribution in [0.25, 0.3) is 0 Å². The van der Waals surface area contributed by atoms with E-state index >= 15 is 0 Å². The maximum absolute atomic E-state index is 10.5. The monoisotopic (exact) mass is 152 g/mol. The van der Waals surface area contributed by atoms with Gasteiger partial charge in [0, 0.05) is 0 Å². The van der Waals surface area contributed by atoms with Gasteiger partial charge in [0.05, 0.1) is 5.92 Å². The molecule has 1 N–H and O–H groups in total. The molecule has 0 aromatic rings. The van der Waals surface area contributed by atoms with Crippen molar-refractivity contribution >= 4 is 5.97 Å². The molecule has 0 atom stereocenters. The van der Waals surface area contributed by atoms with Crippen molar-refractivity contribution in [2.45, 2.75) is 25.7 Å². The van der Waals surface area contributed by atoms with Crippen LogP contribution >= 0.6 is 0 Å². The maximum Gasteiger partial charge on any atom is 0.306 e. The molecule has 60 valence electrons. The summed E-state index contributed by atoms with van der Waals surface area (Å²) in [5, 5.41) is 8.63. The van der Waals surface area contributed by atoms with Gasteiger partial charge in [-0.05, 0) is 31.1 Å². The van der Waals surface area contributed by atoms with Crippen molar-refractivity contribution in [2.75, 3.05) is 0 Å². The molecule has 0 aromatic heterocycles. The van der Waals surface area contributed by atoms with Crippen LogP contribution in [0.5, 0.6) is 0 Å². The number of hydrogen-bond donors (Lipinski definition) is 1. The Morgan fingerprint density at radius 1 is 1.55 bits per heavy atom. The second-order valence-electron chi connectivity index (χ2n) is 4.05. The molecule has 0 unspecified atom stereocenters. The first-order chi connectivity index (χ1) is 5.11. The van der Waals surface area contributed by atoms with Gasteiger partial charge in [-0.25, -0.2) is 0 Å². The van der Waals surface area contributed by atoms with Gasteiger partial charge in [0.25, 0.3) is 0 Å². The number of allylic oxidation sites excluding steroid dienone is 1. The lowest BCUT2D eigenvalue weighted by Gasteiger charge is -2.53. The highest BCUT2D eigenvalue weighted by atomic mass is 16.4. The Bertz CT molecular complexity index is 214. The highest BCUT2D eigenvalue weighted by molar-refractivity contribution is 5.71. The van der Waals surface area contributed by atoms with Crippen molar-refractivity contribution in [3.63, 3.8) is 0 Å². The SMILES string of the molecule is C=C1CC2(C1)CC(C(=O)O)C2. The zero-order valence-electron chi connectivity index (χ0n) is 6.47. The van der Waals surface area contributed by atoms with Crippen LogP contribution in [0.3, 0.4) is 0 Å². The lowest BCUT2D eigenvalue weighted by Crippen LogP contribution is -2.46. The van der Waals surface area contributed by atoms with Gasteiger partial charge >= 0.3 is 5.97 Å². The highest BCUT2D eigenvalue weighted by Crippen LogP contribution is 2.60. The minimum absolute atomic E-state index is 0.0527. The number of rotatable bonds is 1. The summed E-state index contributed by atoms with van der Waals surface area (Å²) in [6, 6.07) is 0. The van der Waals surface area contributed by atoms with Gasteiger partial charge in [0.15, 0.2) is 0 Å². The van der Waals surface area contributed by atoms with Crippen LogP contribution < -0.4 is 0 Å². The number of aliphatic carboxylic acids is 1. The Hall–Kier alpha value is -0.790. The Kier molecular flexibility index (Phi) is 1.17. The molecule has 0 aliphatic heterocycles. The third-order valence-electron chi connectivity index (χ3n) is 2.96. The lowest BCUT2D eigenvalue weighted by atomic mass is 9.50. The van der Waals surface area contributed by atoms with Crippen LogP contribution in [-0.4, -0.2) is 11.1 Å². The van der Waals surface area contributed by atoms with E-state index in [1.54, 1.807) is 0 Å². The predicted octanol–water partition coefficient (Wildman–Crippen LogP) is 1.82. The fourth-order valence-electron chi connectivity index (χ4n) is 2.46. The van der Waals surface area contributed by atoms with Crippen LogP contribution in [0.2, 0.25) is 0 Å². The van der Waals surface area contributed by atoms with Gasteiger partial charge in [-0.2, -0.15) is 0 Å². The first-order valence-electron chi connectivity index (χ1n) is 4.01. The molecule has 2 fully saturated rings. The largest absolute Gasteiger partial charge is 0.481 e. The molecule has 0 heterocycles. The molecule has 11 heavy (non-hydrogen) atoms. The van der Waals surface area contributed by atoms with E-state index in [4.69, 9.17) is 5.11 Å². The molecule has 0 saturated heterocycles. The molecule has 2 aliphatic rings. The van der Waals surface area contributed by atoms with E-state index in [1.165, 1.54) is 5.57 Å². The zero-order chi connectivity index (χ0) is 8.06. The molecule has 2 nitrogen and oxygen atoms in total. The summed E-state index contributed by atoms with van der Waals surface area (Å²) in [6.07, 6.45) is 3.94. The fourth-order valence-corrected chi connectivity index (χ4v) is 2.46. The van der Waals surface area contributed by atoms with Crippen LogP contribution in [0, 0.1) is 11.3 Å². The van der Waals surface area contributed by atoms with E-state index in [-0.39, 0.29) is 5.92 Å². The Morgan fingerprint density at radius 2 is 2.09 bits per heavy atom. The molecular weight excluding hydrogens is 140 g/mol. The summed E-state index contributed by atoms with van der Waals surface area (Å²) in [7, 11) is 0. The summed E-state index contributed by atoms with van der Waals surface area (Å²) in [5.41, 5.74) is 1.69. The summed E-state index contributed by atoms with van der Waals surface area (Å²) in [4.78, 5) is 10.5. The molecule has 2 aliphatic carbocycles. The van der Waals surface area contributed by atoms with E-state index in [2.05, 4.69) is 6.58 Å². The number of carbonyl (C=O) groups is 1. The van der Waals surface area contributed by atoms with Crippen LogP contribution in [0.15, 0.2) is 12.2 Å². The number of carboxylic acid groups (broad SMARTS) is 1. The first kappa shape index (κ1) is 6.89. The van der Waals surface area contributed by atoms with Crippen molar-refractivity contribution in [1.82, 2.24) is 0 Å². The van der Waals surface area contributed by atoms with Crippen molar-refractivity contribution < 1.29 is 9.90 Å². The van der Waals surface area contributed by atoms with Crippen molar-refractivity contribution in [3.8, 4) is 0 Å². The summed E-state index contributed by atoms with van der Waals surface area (Å²) in [5.74, 6) is -0.670. The van der Waals surface area contributed by atoms with Crippen LogP contribution in [0.1, 0.15) is 25.7 Å². The second kappa shape index (κ2) is 1.87. The zero-order valence-corrected chi connectivity index (χ0v) is 6.47. The normalized spacial score (nSPS) is 27.8. The van der Waals surface area contributed by atoms with Crippen molar-refractivity contribution in [1.29, 1.82) is 0 Å². The average molecular weight is 152 g/mol. The molecular formula is C9H12O2. The van der Waals surface area contributed by atoms with E-state index in [0.717, 1.165) is 25.7 Å². The summed E-state index contributed by atoms with van der Waals surface area (Å²) < 4.78 is 0. The van der Waals surface area contributed by atoms with E-state index < -0.39 is 5.97 Å². The second-order valence-corrected chi connectivity index (χ2v) is 4.05. The van der Waals surface area contributed by atoms with Gasteiger partial charge < -0.3 is 5.11 Å². The topological polar surface area (TPSA) is 37.3 Å². The Morgan fingerprint density at radius 3 is 2.45 bits per heavy atom. The fraction of sp³-hybridized carbons (Fsp3) is 0.667. The quantitative estimate of drug-likeness (QED) is 0.582. The molecule has 0 aromatic carbocycles. The van der Waals surface area contributed by atoms with Crippen molar-refractivity contribution in [2.24, 2.45) is 11.3 Å². The van der Waals surface area contributed by atoms with Gasteiger partial charge in [0.2, 0.25) is 0 Å². The van der Waals surface area contributed by atoms with Gasteiger partial charge in [-0.1, -0.05) is 12.2 Å². The van der Waals surface area contributed by atoms with Crippen molar-refractivity contribution in [3.05, 3.63) is 12.2 Å². The van der Waals surface area contributed by atoms with Crippen LogP contribution in [-0.2, 0) is 4.79 Å². The summed E-state index contributed by atoms with van der Waals surface area (Å²) in [6.45, 7) is 3.86. The molecule has 2 rings (SSSR count). The minimum atomic E-state index is -0.617. The minimum Gasteiger partial charge on any atom is -0.481 e. The smallest absolute Gasteiger partial charge is 0.306 e. The Balaban J connectivity index is 1.89. The first-order valence-corrected chi connectivity index (χ1v) is 4.01. The molecule has 1 spiro atoms. The van der Waals surface area contributed by atoms with Gasteiger partial charge in [0.1, 0.15) is 0 Å². The third kappa shape index (κ3) is 0.889. The number of hydrogen-bond acceptors (Lipinski definition) is 1. The molecule has 2 saturated carbocycles. The molecule has 2 heteroatoms. The standard InChI is InChI=1S/C9H12O2/c1-6-2-9(3-6)4-7(5-9)8(10)11/h7H,1-5H2,(H,10,11). The average Bonchev–Trinajstić information content (AvgIpc) is 1.73. The summed E-state index contributed by atoms with van der Waals surface area (Å²) >= 11 is 0. The maximum atomic E-state index is 10.5. The van der Waals surface area contributed by atoms with E-state index in [9.17, 15) is 4.79 Å². The van der Waals surface area contributed by atoms with Crippen LogP contribution in [0.4, 0.5) is 0 Å².